The smallest absolute Gasteiger partial charge is 0.299 e. The second kappa shape index (κ2) is 9.52. The van der Waals surface area contributed by atoms with Crippen molar-refractivity contribution in [3.8, 4) is 11.1 Å². The van der Waals surface area contributed by atoms with Crippen molar-refractivity contribution in [3.05, 3.63) is 90.0 Å². The van der Waals surface area contributed by atoms with Gasteiger partial charge in [0.05, 0.1) is 6.04 Å². The molecule has 1 aliphatic heterocycles. The average Bonchev–Trinajstić information content (AvgIpc) is 2.79. The lowest BCUT2D eigenvalue weighted by molar-refractivity contribution is 0.0758. The van der Waals surface area contributed by atoms with E-state index in [1.165, 1.54) is 6.07 Å². The topological polar surface area (TPSA) is 101 Å². The van der Waals surface area contributed by atoms with Gasteiger partial charge in [-0.25, -0.2) is 22.5 Å². The van der Waals surface area contributed by atoms with Crippen LogP contribution in [0.25, 0.3) is 11.1 Å². The number of nitrogens with zero attached hydrogens (tertiary/aromatic N) is 2. The fourth-order valence-corrected chi connectivity index (χ4v) is 5.97. The minimum Gasteiger partial charge on any atom is -0.457 e. The number of amidine groups is 1. The molecule has 0 bridgehead atoms. The summed E-state index contributed by atoms with van der Waals surface area (Å²) in [5, 5.41) is 8.44. The molecule has 4 rings (SSSR count). The number of benzene rings is 2. The number of sulfonamides is 1. The Hall–Kier alpha value is -3.30. The molecule has 1 fully saturated rings. The van der Waals surface area contributed by atoms with E-state index in [1.54, 1.807) is 56.6 Å². The van der Waals surface area contributed by atoms with Crippen molar-refractivity contribution in [1.82, 2.24) is 9.71 Å². The molecule has 0 spiro atoms. The summed E-state index contributed by atoms with van der Waals surface area (Å²) in [6, 6.07) is 16.0. The molecule has 0 radical (unpaired) electrons. The maximum atomic E-state index is 14.3. The predicted molar refractivity (Wildman–Crippen MR) is 128 cm³/mol. The first-order chi connectivity index (χ1) is 16.2. The van der Waals surface area contributed by atoms with Gasteiger partial charge in [0.1, 0.15) is 16.7 Å². The van der Waals surface area contributed by atoms with Crippen molar-refractivity contribution in [2.75, 3.05) is 6.61 Å². The van der Waals surface area contributed by atoms with Crippen LogP contribution in [0.15, 0.2) is 78.0 Å². The number of aromatic nitrogens is 1. The van der Waals surface area contributed by atoms with E-state index in [0.717, 1.165) is 11.1 Å². The summed E-state index contributed by atoms with van der Waals surface area (Å²) in [4.78, 5) is 8.34. The van der Waals surface area contributed by atoms with Crippen LogP contribution < -0.4 is 4.72 Å². The van der Waals surface area contributed by atoms with E-state index in [2.05, 4.69) is 14.7 Å². The molecule has 0 amide bonds. The van der Waals surface area contributed by atoms with Gasteiger partial charge in [0.2, 0.25) is 10.0 Å². The van der Waals surface area contributed by atoms with Crippen LogP contribution in [0.1, 0.15) is 42.7 Å². The molecule has 2 N–H and O–H groups in total. The first-order valence-electron chi connectivity index (χ1n) is 10.9. The van der Waals surface area contributed by atoms with Crippen molar-refractivity contribution in [2.24, 2.45) is 4.99 Å². The molecule has 0 saturated carbocycles. The van der Waals surface area contributed by atoms with E-state index in [4.69, 9.17) is 4.74 Å². The molecular weight excluding hydrogens is 457 g/mol. The Morgan fingerprint density at radius 3 is 2.35 bits per heavy atom. The largest absolute Gasteiger partial charge is 0.457 e. The highest BCUT2D eigenvalue weighted by molar-refractivity contribution is 7.90. The zero-order valence-electron chi connectivity index (χ0n) is 18.8. The molecule has 2 atom stereocenters. The summed E-state index contributed by atoms with van der Waals surface area (Å²) in [5.41, 5.74) is 1.55. The van der Waals surface area contributed by atoms with Crippen molar-refractivity contribution >= 4 is 16.0 Å². The number of hydrogen-bond donors (Lipinski definition) is 2. The first-order valence-corrected chi connectivity index (χ1v) is 12.4. The zero-order chi connectivity index (χ0) is 24.3. The van der Waals surface area contributed by atoms with Crippen LogP contribution in [0, 0.1) is 5.82 Å². The van der Waals surface area contributed by atoms with Crippen LogP contribution in [0.5, 0.6) is 0 Å². The van der Waals surface area contributed by atoms with Crippen molar-refractivity contribution in [3.63, 3.8) is 0 Å². The molecule has 1 aliphatic rings. The summed E-state index contributed by atoms with van der Waals surface area (Å²) < 4.78 is 49.3. The number of hydrogen-bond acceptors (Lipinski definition) is 6. The van der Waals surface area contributed by atoms with E-state index >= 15 is 0 Å². The van der Waals surface area contributed by atoms with Gasteiger partial charge >= 0.3 is 0 Å². The normalized spacial score (nSPS) is 20.8. The maximum absolute atomic E-state index is 14.3. The van der Waals surface area contributed by atoms with Crippen LogP contribution in [0.2, 0.25) is 0 Å². The third kappa shape index (κ3) is 4.95. The van der Waals surface area contributed by atoms with Gasteiger partial charge in [0, 0.05) is 24.6 Å². The quantitative estimate of drug-likeness (QED) is 0.549. The standard InChI is InChI=1S/C25H26FN3O4S/c1-25(2)23(19-9-7-17(8-10-19)18-11-14-27-15-12-18)34(31,32)29-24(33-25)28-22(13-16-30)20-5-3-4-6-21(20)26/h3-12,14-15,22-23,30H,13,16H2,1-2H3,(H,28,29). The monoisotopic (exact) mass is 483 g/mol. The number of aliphatic imine (C=N–C) groups is 1. The number of aliphatic hydroxyl groups is 1. The Kier molecular flexibility index (Phi) is 6.67. The summed E-state index contributed by atoms with van der Waals surface area (Å²) in [6.45, 7) is 3.09. The fourth-order valence-electron chi connectivity index (χ4n) is 4.20. The van der Waals surface area contributed by atoms with Gasteiger partial charge in [-0.1, -0.05) is 42.5 Å². The van der Waals surface area contributed by atoms with E-state index in [0.29, 0.717) is 5.56 Å². The highest BCUT2D eigenvalue weighted by atomic mass is 32.2. The summed E-state index contributed by atoms with van der Waals surface area (Å²) in [5.74, 6) is -0.490. The van der Waals surface area contributed by atoms with Crippen LogP contribution in [0.3, 0.4) is 0 Å². The number of aliphatic hydroxyl groups excluding tert-OH is 1. The zero-order valence-corrected chi connectivity index (χ0v) is 19.7. The molecule has 34 heavy (non-hydrogen) atoms. The number of halogens is 1. The molecule has 1 saturated heterocycles. The third-order valence-electron chi connectivity index (χ3n) is 5.70. The summed E-state index contributed by atoms with van der Waals surface area (Å²) >= 11 is 0. The van der Waals surface area contributed by atoms with E-state index in [1.807, 2.05) is 24.3 Å². The highest BCUT2D eigenvalue weighted by Gasteiger charge is 2.48. The fraction of sp³-hybridized carbons (Fsp3) is 0.280. The van der Waals surface area contributed by atoms with Gasteiger partial charge < -0.3 is 9.84 Å². The summed E-state index contributed by atoms with van der Waals surface area (Å²) in [7, 11) is -3.94. The lowest BCUT2D eigenvalue weighted by Crippen LogP contribution is -2.53. The number of pyridine rings is 1. The molecule has 2 aromatic carbocycles. The van der Waals surface area contributed by atoms with E-state index in [9.17, 15) is 17.9 Å². The molecule has 0 aliphatic carbocycles. The molecule has 178 valence electrons. The predicted octanol–water partition coefficient (Wildman–Crippen LogP) is 4.14. The lowest BCUT2D eigenvalue weighted by atomic mass is 9.95. The number of ether oxygens (including phenoxy) is 1. The molecule has 2 heterocycles. The van der Waals surface area contributed by atoms with E-state index in [-0.39, 0.29) is 24.6 Å². The second-order valence-electron chi connectivity index (χ2n) is 8.57. The minimum absolute atomic E-state index is 0.107. The van der Waals surface area contributed by atoms with Gasteiger partial charge in [0.15, 0.2) is 0 Å². The van der Waals surface area contributed by atoms with E-state index < -0.39 is 32.7 Å². The van der Waals surface area contributed by atoms with Crippen LogP contribution in [-0.2, 0) is 14.8 Å². The third-order valence-corrected chi connectivity index (χ3v) is 7.62. The maximum Gasteiger partial charge on any atom is 0.299 e. The van der Waals surface area contributed by atoms with Gasteiger partial charge in [-0.3, -0.25) is 4.98 Å². The van der Waals surface area contributed by atoms with Crippen molar-refractivity contribution in [1.29, 1.82) is 0 Å². The SMILES string of the molecule is CC1(C)OC(=NC(CCO)c2ccccc2F)NS(=O)(=O)C1c1ccc(-c2ccncc2)cc1. The summed E-state index contributed by atoms with van der Waals surface area (Å²) in [6.07, 6.45) is 3.50. The van der Waals surface area contributed by atoms with Crippen LogP contribution in [-0.4, -0.2) is 36.7 Å². The minimum atomic E-state index is -3.94. The molecule has 3 aromatic rings. The average molecular weight is 484 g/mol. The Labute approximate surface area is 198 Å². The van der Waals surface area contributed by atoms with Gasteiger partial charge in [-0.2, -0.15) is 0 Å². The van der Waals surface area contributed by atoms with Gasteiger partial charge in [0.25, 0.3) is 6.02 Å². The number of rotatable bonds is 6. The molecule has 2 unspecified atom stereocenters. The van der Waals surface area contributed by atoms with Crippen LogP contribution >= 0.6 is 0 Å². The Morgan fingerprint density at radius 2 is 1.74 bits per heavy atom. The molecule has 7 nitrogen and oxygen atoms in total. The number of nitrogens with one attached hydrogen (secondary N) is 1. The second-order valence-corrected chi connectivity index (χ2v) is 10.3. The molecular formula is C25H26FN3O4S. The van der Waals surface area contributed by atoms with Crippen molar-refractivity contribution in [2.45, 2.75) is 37.2 Å². The van der Waals surface area contributed by atoms with Crippen LogP contribution in [0.4, 0.5) is 4.39 Å². The Balaban J connectivity index is 1.64. The molecule has 1 aromatic heterocycles. The highest BCUT2D eigenvalue weighted by Crippen LogP contribution is 2.39. The van der Waals surface area contributed by atoms with Gasteiger partial charge in [-0.05, 0) is 55.2 Å². The van der Waals surface area contributed by atoms with Gasteiger partial charge in [-0.15, -0.1) is 0 Å². The van der Waals surface area contributed by atoms with Crippen molar-refractivity contribution < 1.29 is 22.7 Å². The first kappa shape index (κ1) is 23.8. The molecule has 9 heteroatoms. The Bertz CT molecular complexity index is 1280. The lowest BCUT2D eigenvalue weighted by Gasteiger charge is -2.39. The Morgan fingerprint density at radius 1 is 1.09 bits per heavy atom.